The largest absolute Gasteiger partial charge is 0.388 e. The molecule has 2 aromatic rings. The van der Waals surface area contributed by atoms with Crippen LogP contribution in [0.3, 0.4) is 0 Å². The first-order valence-corrected chi connectivity index (χ1v) is 7.20. The van der Waals surface area contributed by atoms with E-state index in [1.165, 1.54) is 0 Å². The Morgan fingerprint density at radius 3 is 2.71 bits per heavy atom. The zero-order valence-electron chi connectivity index (χ0n) is 12.0. The first-order chi connectivity index (χ1) is 10.1. The minimum Gasteiger partial charge on any atom is -0.388 e. The van der Waals surface area contributed by atoms with Gasteiger partial charge in [-0.25, -0.2) is 4.68 Å². The molecule has 0 atom stereocenters. The Balaban J connectivity index is 1.74. The van der Waals surface area contributed by atoms with Crippen molar-refractivity contribution in [3.05, 3.63) is 47.8 Å². The van der Waals surface area contributed by atoms with E-state index >= 15 is 0 Å². The second kappa shape index (κ2) is 5.33. The van der Waals surface area contributed by atoms with Gasteiger partial charge in [0, 0.05) is 6.54 Å². The number of hydrogen-bond acceptors (Lipinski definition) is 3. The molecule has 1 aromatic heterocycles. The van der Waals surface area contributed by atoms with Crippen molar-refractivity contribution in [1.29, 1.82) is 0 Å². The van der Waals surface area contributed by atoms with Gasteiger partial charge < -0.3 is 10.4 Å². The number of rotatable bonds is 4. The standard InChI is InChI=1S/C16H19N3O2/c1-12-14(15(20)17-11-16(21)8-5-9-16)10-18-19(12)13-6-3-2-4-7-13/h2-4,6-7,10,21H,5,8-9,11H2,1H3,(H,17,20). The monoisotopic (exact) mass is 285 g/mol. The highest BCUT2D eigenvalue weighted by Gasteiger charge is 2.34. The molecule has 1 aliphatic rings. The Bertz CT molecular complexity index is 645. The van der Waals surface area contributed by atoms with Crippen LogP contribution in [0.1, 0.15) is 35.3 Å². The van der Waals surface area contributed by atoms with Gasteiger partial charge in [-0.1, -0.05) is 18.2 Å². The molecule has 0 radical (unpaired) electrons. The number of aromatic nitrogens is 2. The molecule has 2 N–H and O–H groups in total. The minimum absolute atomic E-state index is 0.185. The van der Waals surface area contributed by atoms with Gasteiger partial charge in [0.2, 0.25) is 0 Å². The Morgan fingerprint density at radius 2 is 2.10 bits per heavy atom. The van der Waals surface area contributed by atoms with Crippen molar-refractivity contribution in [2.75, 3.05) is 6.54 Å². The summed E-state index contributed by atoms with van der Waals surface area (Å²) >= 11 is 0. The molecule has 1 aromatic carbocycles. The number of aliphatic hydroxyl groups is 1. The van der Waals surface area contributed by atoms with Crippen LogP contribution in [0.15, 0.2) is 36.5 Å². The van der Waals surface area contributed by atoms with E-state index in [1.807, 2.05) is 37.3 Å². The van der Waals surface area contributed by atoms with Crippen molar-refractivity contribution in [1.82, 2.24) is 15.1 Å². The smallest absolute Gasteiger partial charge is 0.254 e. The summed E-state index contributed by atoms with van der Waals surface area (Å²) in [4.78, 5) is 12.2. The number of amides is 1. The quantitative estimate of drug-likeness (QED) is 0.900. The molecule has 5 nitrogen and oxygen atoms in total. The SMILES string of the molecule is Cc1c(C(=O)NCC2(O)CCC2)cnn1-c1ccccc1. The number of para-hydroxylation sites is 1. The summed E-state index contributed by atoms with van der Waals surface area (Å²) in [5, 5.41) is 17.1. The van der Waals surface area contributed by atoms with Gasteiger partial charge >= 0.3 is 0 Å². The number of hydrogen-bond donors (Lipinski definition) is 2. The summed E-state index contributed by atoms with van der Waals surface area (Å²) in [5.74, 6) is -0.185. The Morgan fingerprint density at radius 1 is 1.38 bits per heavy atom. The average Bonchev–Trinajstić information content (AvgIpc) is 2.85. The lowest BCUT2D eigenvalue weighted by atomic mass is 9.80. The zero-order valence-corrected chi connectivity index (χ0v) is 12.0. The van der Waals surface area contributed by atoms with E-state index in [4.69, 9.17) is 0 Å². The number of carbonyl (C=O) groups excluding carboxylic acids is 1. The molecule has 0 aliphatic heterocycles. The van der Waals surface area contributed by atoms with Crippen molar-refractivity contribution in [2.45, 2.75) is 31.8 Å². The van der Waals surface area contributed by atoms with E-state index in [0.717, 1.165) is 30.6 Å². The molecule has 1 saturated carbocycles. The molecule has 21 heavy (non-hydrogen) atoms. The van der Waals surface area contributed by atoms with Crippen LogP contribution in [0, 0.1) is 6.92 Å². The summed E-state index contributed by atoms with van der Waals surface area (Å²) in [7, 11) is 0. The van der Waals surface area contributed by atoms with Crippen LogP contribution in [-0.2, 0) is 0 Å². The number of nitrogens with one attached hydrogen (secondary N) is 1. The van der Waals surface area contributed by atoms with Gasteiger partial charge in [-0.3, -0.25) is 4.79 Å². The van der Waals surface area contributed by atoms with Gasteiger partial charge in [-0.2, -0.15) is 5.10 Å². The molecular formula is C16H19N3O2. The van der Waals surface area contributed by atoms with Gasteiger partial charge in [0.05, 0.1) is 28.7 Å². The maximum absolute atomic E-state index is 12.2. The molecule has 0 unspecified atom stereocenters. The lowest BCUT2D eigenvalue weighted by Gasteiger charge is -2.36. The third kappa shape index (κ3) is 2.69. The number of carbonyl (C=O) groups is 1. The Kier molecular flexibility index (Phi) is 3.51. The molecule has 0 saturated heterocycles. The van der Waals surface area contributed by atoms with Crippen molar-refractivity contribution in [3.63, 3.8) is 0 Å². The van der Waals surface area contributed by atoms with Crippen LogP contribution < -0.4 is 5.32 Å². The molecule has 5 heteroatoms. The molecule has 1 heterocycles. The van der Waals surface area contributed by atoms with E-state index in [0.29, 0.717) is 12.1 Å². The lowest BCUT2D eigenvalue weighted by Crippen LogP contribution is -2.47. The van der Waals surface area contributed by atoms with Crippen LogP contribution in [0.5, 0.6) is 0 Å². The minimum atomic E-state index is -0.709. The first kappa shape index (κ1) is 13.8. The molecule has 110 valence electrons. The zero-order chi connectivity index (χ0) is 14.9. The van der Waals surface area contributed by atoms with Crippen molar-refractivity contribution in [3.8, 4) is 5.69 Å². The van der Waals surface area contributed by atoms with E-state index < -0.39 is 5.60 Å². The van der Waals surface area contributed by atoms with Crippen molar-refractivity contribution < 1.29 is 9.90 Å². The van der Waals surface area contributed by atoms with E-state index in [1.54, 1.807) is 10.9 Å². The summed E-state index contributed by atoms with van der Waals surface area (Å²) < 4.78 is 1.74. The number of nitrogens with zero attached hydrogens (tertiary/aromatic N) is 2. The summed E-state index contributed by atoms with van der Waals surface area (Å²) in [6, 6.07) is 9.69. The summed E-state index contributed by atoms with van der Waals surface area (Å²) in [6.45, 7) is 2.18. The van der Waals surface area contributed by atoms with E-state index in [9.17, 15) is 9.90 Å². The fraction of sp³-hybridized carbons (Fsp3) is 0.375. The molecule has 0 spiro atoms. The third-order valence-corrected chi connectivity index (χ3v) is 4.12. The maximum Gasteiger partial charge on any atom is 0.254 e. The van der Waals surface area contributed by atoms with Crippen LogP contribution >= 0.6 is 0 Å². The van der Waals surface area contributed by atoms with Gasteiger partial charge in [-0.15, -0.1) is 0 Å². The van der Waals surface area contributed by atoms with Crippen LogP contribution in [0.25, 0.3) is 5.69 Å². The molecule has 1 fully saturated rings. The molecule has 0 bridgehead atoms. The average molecular weight is 285 g/mol. The summed E-state index contributed by atoms with van der Waals surface area (Å²) in [5.41, 5.74) is 1.55. The fourth-order valence-electron chi connectivity index (χ4n) is 2.56. The highest BCUT2D eigenvalue weighted by molar-refractivity contribution is 5.95. The van der Waals surface area contributed by atoms with Gasteiger partial charge in [0.25, 0.3) is 5.91 Å². The summed E-state index contributed by atoms with van der Waals surface area (Å²) in [6.07, 6.45) is 4.12. The maximum atomic E-state index is 12.2. The highest BCUT2D eigenvalue weighted by Crippen LogP contribution is 2.30. The van der Waals surface area contributed by atoms with Crippen LogP contribution in [0.2, 0.25) is 0 Å². The predicted octanol–water partition coefficient (Wildman–Crippen LogP) is 1.83. The molecule has 1 amide bonds. The topological polar surface area (TPSA) is 67.2 Å². The van der Waals surface area contributed by atoms with E-state index in [2.05, 4.69) is 10.4 Å². The normalized spacial score (nSPS) is 16.3. The first-order valence-electron chi connectivity index (χ1n) is 7.20. The lowest BCUT2D eigenvalue weighted by molar-refractivity contribution is -0.0300. The van der Waals surface area contributed by atoms with E-state index in [-0.39, 0.29) is 5.91 Å². The van der Waals surface area contributed by atoms with Gasteiger partial charge in [0.15, 0.2) is 0 Å². The molecule has 3 rings (SSSR count). The second-order valence-electron chi connectivity index (χ2n) is 5.65. The fourth-order valence-corrected chi connectivity index (χ4v) is 2.56. The highest BCUT2D eigenvalue weighted by atomic mass is 16.3. The number of benzene rings is 1. The van der Waals surface area contributed by atoms with Crippen LogP contribution in [-0.4, -0.2) is 32.9 Å². The third-order valence-electron chi connectivity index (χ3n) is 4.12. The predicted molar refractivity (Wildman–Crippen MR) is 79.4 cm³/mol. The van der Waals surface area contributed by atoms with Gasteiger partial charge in [-0.05, 0) is 38.3 Å². The molecule has 1 aliphatic carbocycles. The van der Waals surface area contributed by atoms with Crippen LogP contribution in [0.4, 0.5) is 0 Å². The van der Waals surface area contributed by atoms with Crippen molar-refractivity contribution >= 4 is 5.91 Å². The Labute approximate surface area is 123 Å². The Hall–Kier alpha value is -2.14. The van der Waals surface area contributed by atoms with Gasteiger partial charge in [0.1, 0.15) is 0 Å². The molecular weight excluding hydrogens is 266 g/mol. The second-order valence-corrected chi connectivity index (χ2v) is 5.65. The van der Waals surface area contributed by atoms with Crippen molar-refractivity contribution in [2.24, 2.45) is 0 Å².